The quantitative estimate of drug-likeness (QED) is 0.252. The number of hydrogen-bond donors (Lipinski definition) is 3. The van der Waals surface area contributed by atoms with Crippen molar-refractivity contribution in [1.29, 1.82) is 0 Å². The van der Waals surface area contributed by atoms with Crippen LogP contribution in [-0.4, -0.2) is 36.9 Å². The molecule has 0 bridgehead atoms. The van der Waals surface area contributed by atoms with E-state index in [-0.39, 0.29) is 47.2 Å². The molecule has 0 saturated carbocycles. The molecule has 1 aliphatic carbocycles. The minimum absolute atomic E-state index is 0.00524. The van der Waals surface area contributed by atoms with Crippen molar-refractivity contribution in [2.24, 2.45) is 0 Å². The van der Waals surface area contributed by atoms with E-state index in [2.05, 4.69) is 10.6 Å². The van der Waals surface area contributed by atoms with E-state index in [1.807, 2.05) is 55.5 Å². The standard InChI is InChI=1S/C28H24N2O7/c1-2-29-14-24(32)37-26-21-12-11-16(31)13-23(21)36-27(33)25(26)30-28(34)35-15-22-19-9-5-3-7-17(19)18-8-4-6-10-20(18)22/h3-13,22,29,31H,2,14-15H2,1H3,(H,30,34). The molecule has 0 aliphatic heterocycles. The molecule has 0 spiro atoms. The van der Waals surface area contributed by atoms with E-state index in [4.69, 9.17) is 13.9 Å². The fourth-order valence-electron chi connectivity index (χ4n) is 4.49. The van der Waals surface area contributed by atoms with E-state index in [0.29, 0.717) is 6.54 Å². The number of carbonyl (C=O) groups is 2. The third-order valence-corrected chi connectivity index (χ3v) is 6.15. The molecule has 4 aromatic rings. The fraction of sp³-hybridized carbons (Fsp3) is 0.179. The molecule has 0 unspecified atom stereocenters. The van der Waals surface area contributed by atoms with Crippen LogP contribution in [0.4, 0.5) is 10.5 Å². The Morgan fingerprint density at radius 3 is 2.35 bits per heavy atom. The summed E-state index contributed by atoms with van der Waals surface area (Å²) in [7, 11) is 0. The van der Waals surface area contributed by atoms with Crippen LogP contribution in [-0.2, 0) is 9.53 Å². The van der Waals surface area contributed by atoms with Gasteiger partial charge in [-0.3, -0.25) is 10.1 Å². The van der Waals surface area contributed by atoms with E-state index < -0.39 is 17.7 Å². The topological polar surface area (TPSA) is 127 Å². The molecule has 0 fully saturated rings. The predicted molar refractivity (Wildman–Crippen MR) is 137 cm³/mol. The first-order valence-electron chi connectivity index (χ1n) is 11.8. The minimum atomic E-state index is -0.960. The Morgan fingerprint density at radius 1 is 1.00 bits per heavy atom. The van der Waals surface area contributed by atoms with E-state index >= 15 is 0 Å². The zero-order chi connectivity index (χ0) is 25.9. The minimum Gasteiger partial charge on any atom is -0.508 e. The first kappa shape index (κ1) is 24.1. The highest BCUT2D eigenvalue weighted by molar-refractivity contribution is 5.96. The molecule has 0 saturated heterocycles. The summed E-state index contributed by atoms with van der Waals surface area (Å²) >= 11 is 0. The molecule has 5 rings (SSSR count). The van der Waals surface area contributed by atoms with E-state index in [0.717, 1.165) is 22.3 Å². The van der Waals surface area contributed by atoms with Gasteiger partial charge in [0.1, 0.15) is 17.9 Å². The van der Waals surface area contributed by atoms with Gasteiger partial charge in [0.15, 0.2) is 11.4 Å². The Hall–Kier alpha value is -4.63. The van der Waals surface area contributed by atoms with Crippen molar-refractivity contribution in [2.75, 3.05) is 25.0 Å². The van der Waals surface area contributed by atoms with Crippen molar-refractivity contribution in [1.82, 2.24) is 5.32 Å². The summed E-state index contributed by atoms with van der Waals surface area (Å²) in [6.45, 7) is 2.28. The number of anilines is 1. The number of carbonyl (C=O) groups excluding carboxylic acids is 2. The molecule has 1 aliphatic rings. The largest absolute Gasteiger partial charge is 0.508 e. The number of rotatable bonds is 7. The lowest BCUT2D eigenvalue weighted by Gasteiger charge is -2.16. The van der Waals surface area contributed by atoms with Crippen LogP contribution in [0.3, 0.4) is 0 Å². The first-order chi connectivity index (χ1) is 18.0. The van der Waals surface area contributed by atoms with Gasteiger partial charge in [-0.15, -0.1) is 0 Å². The average molecular weight is 501 g/mol. The van der Waals surface area contributed by atoms with Gasteiger partial charge in [0.2, 0.25) is 0 Å². The van der Waals surface area contributed by atoms with Gasteiger partial charge in [0.05, 0.1) is 11.9 Å². The smallest absolute Gasteiger partial charge is 0.411 e. The summed E-state index contributed by atoms with van der Waals surface area (Å²) in [5.74, 6) is -1.18. The lowest BCUT2D eigenvalue weighted by molar-refractivity contribution is -0.133. The maximum atomic E-state index is 12.8. The Labute approximate surface area is 211 Å². The lowest BCUT2D eigenvalue weighted by atomic mass is 9.98. The number of amides is 1. The fourth-order valence-corrected chi connectivity index (χ4v) is 4.49. The summed E-state index contributed by atoms with van der Waals surface area (Å²) in [5, 5.41) is 15.2. The number of ether oxygens (including phenoxy) is 2. The van der Waals surface area contributed by atoms with Crippen molar-refractivity contribution in [2.45, 2.75) is 12.8 Å². The lowest BCUT2D eigenvalue weighted by Crippen LogP contribution is -2.28. The summed E-state index contributed by atoms with van der Waals surface area (Å²) in [6, 6.07) is 19.8. The van der Waals surface area contributed by atoms with E-state index in [1.54, 1.807) is 0 Å². The van der Waals surface area contributed by atoms with Gasteiger partial charge in [-0.25, -0.2) is 9.59 Å². The molecule has 9 heteroatoms. The second-order valence-corrected chi connectivity index (χ2v) is 8.48. The van der Waals surface area contributed by atoms with Gasteiger partial charge in [-0.05, 0) is 40.9 Å². The summed E-state index contributed by atoms with van der Waals surface area (Å²) in [4.78, 5) is 38.0. The Balaban J connectivity index is 1.40. The number of hydrogen-bond acceptors (Lipinski definition) is 8. The van der Waals surface area contributed by atoms with Crippen molar-refractivity contribution in [3.05, 3.63) is 88.3 Å². The normalized spacial score (nSPS) is 12.1. The maximum absolute atomic E-state index is 12.8. The number of phenols is 1. The Bertz CT molecular complexity index is 1510. The number of nitrogens with one attached hydrogen (secondary N) is 2. The first-order valence-corrected chi connectivity index (χ1v) is 11.8. The monoisotopic (exact) mass is 500 g/mol. The highest BCUT2D eigenvalue weighted by atomic mass is 16.6. The Morgan fingerprint density at radius 2 is 1.68 bits per heavy atom. The predicted octanol–water partition coefficient (Wildman–Crippen LogP) is 4.37. The van der Waals surface area contributed by atoms with Gasteiger partial charge in [0.25, 0.3) is 0 Å². The molecule has 0 atom stereocenters. The SMILES string of the molecule is CCNCC(=O)Oc1c(NC(=O)OCC2c3ccccc3-c3ccccc32)c(=O)oc2cc(O)ccc12. The van der Waals surface area contributed by atoms with Crippen LogP contribution in [0.5, 0.6) is 11.5 Å². The van der Waals surface area contributed by atoms with Crippen LogP contribution in [0.1, 0.15) is 24.0 Å². The zero-order valence-corrected chi connectivity index (χ0v) is 19.9. The van der Waals surface area contributed by atoms with Gasteiger partial charge in [0, 0.05) is 12.0 Å². The number of likely N-dealkylation sites (N-methyl/N-ethyl adjacent to an activating group) is 1. The van der Waals surface area contributed by atoms with Crippen LogP contribution in [0.15, 0.2) is 75.9 Å². The number of aromatic hydroxyl groups is 1. The summed E-state index contributed by atoms with van der Waals surface area (Å²) in [5.41, 5.74) is 2.91. The van der Waals surface area contributed by atoms with Crippen molar-refractivity contribution < 1.29 is 28.6 Å². The van der Waals surface area contributed by atoms with Gasteiger partial charge < -0.3 is 24.3 Å². The van der Waals surface area contributed by atoms with Crippen molar-refractivity contribution in [3.63, 3.8) is 0 Å². The molecule has 1 heterocycles. The maximum Gasteiger partial charge on any atom is 0.411 e. The number of esters is 1. The molecule has 3 aromatic carbocycles. The molecule has 188 valence electrons. The van der Waals surface area contributed by atoms with Crippen LogP contribution in [0.25, 0.3) is 22.1 Å². The molecule has 0 radical (unpaired) electrons. The third kappa shape index (κ3) is 4.76. The van der Waals surface area contributed by atoms with Crippen molar-refractivity contribution in [3.8, 4) is 22.6 Å². The number of phenolic OH excluding ortho intramolecular Hbond substituents is 1. The molecule has 37 heavy (non-hydrogen) atoms. The van der Waals surface area contributed by atoms with E-state index in [9.17, 15) is 19.5 Å². The zero-order valence-electron chi connectivity index (χ0n) is 19.9. The van der Waals surface area contributed by atoms with Gasteiger partial charge >= 0.3 is 17.7 Å². The van der Waals surface area contributed by atoms with Crippen LogP contribution in [0.2, 0.25) is 0 Å². The van der Waals surface area contributed by atoms with E-state index in [1.165, 1.54) is 18.2 Å². The molecular weight excluding hydrogens is 476 g/mol. The summed E-state index contributed by atoms with van der Waals surface area (Å²) in [6.07, 6.45) is -0.906. The second-order valence-electron chi connectivity index (χ2n) is 8.48. The highest BCUT2D eigenvalue weighted by Gasteiger charge is 2.29. The number of benzene rings is 3. The van der Waals surface area contributed by atoms with Gasteiger partial charge in [-0.2, -0.15) is 0 Å². The summed E-state index contributed by atoms with van der Waals surface area (Å²) < 4.78 is 16.2. The van der Waals surface area contributed by atoms with Crippen LogP contribution < -0.4 is 21.0 Å². The Kier molecular flexibility index (Phi) is 6.61. The second kappa shape index (κ2) is 10.2. The molecule has 9 nitrogen and oxygen atoms in total. The van der Waals surface area contributed by atoms with Gasteiger partial charge in [-0.1, -0.05) is 55.5 Å². The molecule has 3 N–H and O–H groups in total. The number of fused-ring (bicyclic) bond motifs is 4. The molecular formula is C28H24N2O7. The highest BCUT2D eigenvalue weighted by Crippen LogP contribution is 2.44. The molecule has 1 amide bonds. The van der Waals surface area contributed by atoms with Crippen molar-refractivity contribution >= 4 is 28.7 Å². The third-order valence-electron chi connectivity index (χ3n) is 6.15. The average Bonchev–Trinajstić information content (AvgIpc) is 3.21. The van der Waals surface area contributed by atoms with Crippen LogP contribution >= 0.6 is 0 Å². The molecule has 1 aromatic heterocycles. The van der Waals surface area contributed by atoms with Crippen LogP contribution in [0, 0.1) is 0 Å².